The number of amides is 1. The van der Waals surface area contributed by atoms with Gasteiger partial charge in [-0.05, 0) is 46.5 Å². The van der Waals surface area contributed by atoms with Crippen LogP contribution in [0, 0.1) is 0 Å². The van der Waals surface area contributed by atoms with Gasteiger partial charge in [-0.25, -0.2) is 4.79 Å². The number of aliphatic hydroxyl groups is 1. The largest absolute Gasteiger partial charge is 0.503 e. The second-order valence-corrected chi connectivity index (χ2v) is 7.47. The number of aliphatic hydroxyl groups excluding tert-OH is 1. The van der Waals surface area contributed by atoms with Gasteiger partial charge in [-0.15, -0.1) is 0 Å². The number of unbranched alkanes of at least 4 members (excludes halogenated alkanes) is 1. The molecule has 5 heteroatoms. The van der Waals surface area contributed by atoms with Crippen LogP contribution in [-0.2, 0) is 14.3 Å². The van der Waals surface area contributed by atoms with Gasteiger partial charge in [-0.3, -0.25) is 4.79 Å². The van der Waals surface area contributed by atoms with Gasteiger partial charge in [0.25, 0.3) is 5.91 Å². The van der Waals surface area contributed by atoms with Crippen molar-refractivity contribution < 1.29 is 19.4 Å². The summed E-state index contributed by atoms with van der Waals surface area (Å²) >= 11 is 0. The first-order valence-electron chi connectivity index (χ1n) is 10.4. The van der Waals surface area contributed by atoms with E-state index in [1.165, 1.54) is 0 Å². The van der Waals surface area contributed by atoms with Gasteiger partial charge in [0.2, 0.25) is 0 Å². The minimum atomic E-state index is -0.695. The molecule has 1 atom stereocenters. The van der Waals surface area contributed by atoms with Gasteiger partial charge < -0.3 is 14.7 Å². The standard InChI is InChI=1S/C25H25NO4/c1-3-5-14-26-22(21(23(27)24(26)28)25(29)30-4-2)20-18-12-8-6-10-16(18)15-17-11-7-9-13-19(17)20/h6-13,15,22,27H,3-5,14H2,1-2H3. The molecule has 1 aliphatic rings. The maximum atomic E-state index is 13.0. The Morgan fingerprint density at radius 1 is 1.03 bits per heavy atom. The molecule has 0 radical (unpaired) electrons. The van der Waals surface area contributed by atoms with E-state index in [0.29, 0.717) is 6.54 Å². The molecule has 0 bridgehead atoms. The number of carbonyl (C=O) groups excluding carboxylic acids is 2. The molecule has 0 saturated carbocycles. The predicted octanol–water partition coefficient (Wildman–Crippen LogP) is 5.05. The zero-order valence-corrected chi connectivity index (χ0v) is 17.2. The molecular formula is C25H25NO4. The summed E-state index contributed by atoms with van der Waals surface area (Å²) in [5, 5.41) is 14.6. The predicted molar refractivity (Wildman–Crippen MR) is 117 cm³/mol. The van der Waals surface area contributed by atoms with Crippen LogP contribution in [0.15, 0.2) is 65.9 Å². The molecular weight excluding hydrogens is 378 g/mol. The summed E-state index contributed by atoms with van der Waals surface area (Å²) in [6.07, 6.45) is 1.66. The van der Waals surface area contributed by atoms with E-state index in [4.69, 9.17) is 4.74 Å². The fraction of sp³-hybridized carbons (Fsp3) is 0.280. The second-order valence-electron chi connectivity index (χ2n) is 7.47. The summed E-state index contributed by atoms with van der Waals surface area (Å²) in [5.74, 6) is -1.68. The molecule has 30 heavy (non-hydrogen) atoms. The van der Waals surface area contributed by atoms with Crippen LogP contribution >= 0.6 is 0 Å². The normalized spacial score (nSPS) is 16.7. The third kappa shape index (κ3) is 3.20. The van der Waals surface area contributed by atoms with Gasteiger partial charge in [0.1, 0.15) is 5.57 Å². The summed E-state index contributed by atoms with van der Waals surface area (Å²) < 4.78 is 5.24. The molecule has 0 saturated heterocycles. The molecule has 3 aromatic carbocycles. The third-order valence-corrected chi connectivity index (χ3v) is 5.64. The molecule has 1 heterocycles. The quantitative estimate of drug-likeness (QED) is 0.462. The zero-order chi connectivity index (χ0) is 21.3. The fourth-order valence-corrected chi connectivity index (χ4v) is 4.27. The molecule has 5 nitrogen and oxygen atoms in total. The Balaban J connectivity index is 2.04. The van der Waals surface area contributed by atoms with Gasteiger partial charge in [-0.1, -0.05) is 61.9 Å². The Labute approximate surface area is 175 Å². The van der Waals surface area contributed by atoms with E-state index < -0.39 is 23.7 Å². The van der Waals surface area contributed by atoms with Gasteiger partial charge in [-0.2, -0.15) is 0 Å². The lowest BCUT2D eigenvalue weighted by Crippen LogP contribution is -2.32. The summed E-state index contributed by atoms with van der Waals surface area (Å²) in [7, 11) is 0. The Hall–Kier alpha value is -3.34. The highest BCUT2D eigenvalue weighted by atomic mass is 16.5. The first kappa shape index (κ1) is 20.0. The Kier molecular flexibility index (Phi) is 5.44. The average Bonchev–Trinajstić information content (AvgIpc) is 3.00. The van der Waals surface area contributed by atoms with Gasteiger partial charge in [0, 0.05) is 6.54 Å². The molecule has 1 amide bonds. The molecule has 3 aromatic rings. The lowest BCUT2D eigenvalue weighted by Gasteiger charge is -2.28. The third-order valence-electron chi connectivity index (χ3n) is 5.64. The number of nitrogens with zero attached hydrogens (tertiary/aromatic N) is 1. The smallest absolute Gasteiger partial charge is 0.340 e. The van der Waals surface area contributed by atoms with Gasteiger partial charge >= 0.3 is 5.97 Å². The van der Waals surface area contributed by atoms with E-state index in [9.17, 15) is 14.7 Å². The highest BCUT2D eigenvalue weighted by molar-refractivity contribution is 6.10. The van der Waals surface area contributed by atoms with Crippen molar-refractivity contribution in [1.82, 2.24) is 4.90 Å². The van der Waals surface area contributed by atoms with Crippen LogP contribution in [0.3, 0.4) is 0 Å². The summed E-state index contributed by atoms with van der Waals surface area (Å²) in [6, 6.07) is 17.3. The molecule has 0 fully saturated rings. The van der Waals surface area contributed by atoms with Crippen molar-refractivity contribution in [3.8, 4) is 0 Å². The highest BCUT2D eigenvalue weighted by Gasteiger charge is 2.45. The van der Waals surface area contributed by atoms with Crippen molar-refractivity contribution in [2.45, 2.75) is 32.7 Å². The van der Waals surface area contributed by atoms with Crippen LogP contribution < -0.4 is 0 Å². The van der Waals surface area contributed by atoms with Crippen LogP contribution in [0.5, 0.6) is 0 Å². The van der Waals surface area contributed by atoms with Gasteiger partial charge in [0.05, 0.1) is 12.6 Å². The summed E-state index contributed by atoms with van der Waals surface area (Å²) in [6.45, 7) is 4.37. The van der Waals surface area contributed by atoms with Crippen molar-refractivity contribution >= 4 is 33.4 Å². The van der Waals surface area contributed by atoms with Crippen molar-refractivity contribution in [2.24, 2.45) is 0 Å². The number of ether oxygens (including phenoxy) is 1. The molecule has 1 aliphatic heterocycles. The molecule has 0 aliphatic carbocycles. The van der Waals surface area contributed by atoms with Crippen LogP contribution in [-0.4, -0.2) is 35.0 Å². The van der Waals surface area contributed by atoms with Crippen molar-refractivity contribution in [1.29, 1.82) is 0 Å². The first-order chi connectivity index (χ1) is 14.6. The minimum Gasteiger partial charge on any atom is -0.503 e. The summed E-state index contributed by atoms with van der Waals surface area (Å²) in [5.41, 5.74) is 0.875. The number of benzene rings is 3. The minimum absolute atomic E-state index is 0.0273. The molecule has 1 unspecified atom stereocenters. The van der Waals surface area contributed by atoms with E-state index >= 15 is 0 Å². The maximum Gasteiger partial charge on any atom is 0.340 e. The van der Waals surface area contributed by atoms with Gasteiger partial charge in [0.15, 0.2) is 5.76 Å². The Morgan fingerprint density at radius 2 is 1.63 bits per heavy atom. The van der Waals surface area contributed by atoms with Crippen LogP contribution in [0.2, 0.25) is 0 Å². The number of carbonyl (C=O) groups is 2. The lowest BCUT2D eigenvalue weighted by atomic mass is 9.89. The molecule has 0 aromatic heterocycles. The number of rotatable bonds is 6. The Morgan fingerprint density at radius 3 is 2.20 bits per heavy atom. The van der Waals surface area contributed by atoms with E-state index in [-0.39, 0.29) is 12.2 Å². The topological polar surface area (TPSA) is 66.8 Å². The molecule has 4 rings (SSSR count). The zero-order valence-electron chi connectivity index (χ0n) is 17.2. The van der Waals surface area contributed by atoms with E-state index in [1.807, 2.05) is 55.5 Å². The van der Waals surface area contributed by atoms with Crippen molar-refractivity contribution in [3.63, 3.8) is 0 Å². The molecule has 154 valence electrons. The lowest BCUT2D eigenvalue weighted by molar-refractivity contribution is -0.139. The van der Waals surface area contributed by atoms with E-state index in [1.54, 1.807) is 11.8 Å². The first-order valence-corrected chi connectivity index (χ1v) is 10.4. The number of hydrogen-bond donors (Lipinski definition) is 1. The number of hydrogen-bond acceptors (Lipinski definition) is 4. The molecule has 0 spiro atoms. The van der Waals surface area contributed by atoms with Crippen molar-refractivity contribution in [3.05, 3.63) is 71.5 Å². The SMILES string of the molecule is CCCCN1C(=O)C(O)=C(C(=O)OCC)C1c1c2ccccc2cc2ccccc12. The van der Waals surface area contributed by atoms with E-state index in [2.05, 4.69) is 6.07 Å². The molecule has 1 N–H and O–H groups in total. The fourth-order valence-electron chi connectivity index (χ4n) is 4.27. The Bertz CT molecular complexity index is 1110. The summed E-state index contributed by atoms with van der Waals surface area (Å²) in [4.78, 5) is 27.5. The maximum absolute atomic E-state index is 13.0. The van der Waals surface area contributed by atoms with Crippen LogP contribution in [0.4, 0.5) is 0 Å². The number of fused-ring (bicyclic) bond motifs is 2. The monoisotopic (exact) mass is 403 g/mol. The average molecular weight is 403 g/mol. The highest BCUT2D eigenvalue weighted by Crippen LogP contribution is 2.44. The number of esters is 1. The van der Waals surface area contributed by atoms with Crippen LogP contribution in [0.25, 0.3) is 21.5 Å². The van der Waals surface area contributed by atoms with Crippen LogP contribution in [0.1, 0.15) is 38.3 Å². The van der Waals surface area contributed by atoms with E-state index in [0.717, 1.165) is 39.9 Å². The second kappa shape index (κ2) is 8.19. The van der Waals surface area contributed by atoms with Crippen molar-refractivity contribution in [2.75, 3.05) is 13.2 Å².